The van der Waals surface area contributed by atoms with Gasteiger partial charge in [0.15, 0.2) is 0 Å². The second-order valence-corrected chi connectivity index (χ2v) is 6.42. The average Bonchev–Trinajstić information content (AvgIpc) is 3.09. The molecule has 0 bridgehead atoms. The van der Waals surface area contributed by atoms with Crippen LogP contribution in [0.15, 0.2) is 16.7 Å². The molecule has 20 heavy (non-hydrogen) atoms. The summed E-state index contributed by atoms with van der Waals surface area (Å²) in [6, 6.07) is 2.96. The van der Waals surface area contributed by atoms with Crippen molar-refractivity contribution in [1.29, 1.82) is 0 Å². The maximum Gasteiger partial charge on any atom is 0.122 e. The van der Waals surface area contributed by atoms with E-state index in [4.69, 9.17) is 4.42 Å². The number of nitrogens with zero attached hydrogens (tertiary/aromatic N) is 1. The van der Waals surface area contributed by atoms with Gasteiger partial charge in [0.05, 0.1) is 12.8 Å². The number of piperidine rings is 1. The molecule has 1 aromatic heterocycles. The summed E-state index contributed by atoms with van der Waals surface area (Å²) in [5, 5.41) is 3.48. The summed E-state index contributed by atoms with van der Waals surface area (Å²) in [5.74, 6) is 2.14. The lowest BCUT2D eigenvalue weighted by molar-refractivity contribution is 0.0975. The molecule has 1 saturated carbocycles. The number of furan rings is 1. The van der Waals surface area contributed by atoms with Gasteiger partial charge in [-0.05, 0) is 57.2 Å². The standard InChI is InChI=1S/C17H28N2O/c1-2-9-18-12-15-8-11-20-17(15)13-19-10-4-6-14-5-3-7-16(14)19/h8,11,14,16,18H,2-7,9-10,12-13H2,1H3. The quantitative estimate of drug-likeness (QED) is 0.806. The van der Waals surface area contributed by atoms with Crippen molar-refractivity contribution in [3.05, 3.63) is 23.7 Å². The van der Waals surface area contributed by atoms with E-state index in [0.29, 0.717) is 0 Å². The molecule has 1 aromatic rings. The summed E-state index contributed by atoms with van der Waals surface area (Å²) in [6.07, 6.45) is 10.1. The lowest BCUT2D eigenvalue weighted by atomic mass is 9.92. The van der Waals surface area contributed by atoms with E-state index in [9.17, 15) is 0 Å². The van der Waals surface area contributed by atoms with Crippen molar-refractivity contribution < 1.29 is 4.42 Å². The Bertz CT molecular complexity index is 415. The zero-order valence-electron chi connectivity index (χ0n) is 12.7. The van der Waals surface area contributed by atoms with Crippen LogP contribution in [0.1, 0.15) is 56.8 Å². The van der Waals surface area contributed by atoms with E-state index >= 15 is 0 Å². The minimum Gasteiger partial charge on any atom is -0.468 e. The third kappa shape index (κ3) is 3.09. The minimum absolute atomic E-state index is 0.824. The third-order valence-corrected chi connectivity index (χ3v) is 5.03. The second kappa shape index (κ2) is 6.77. The first-order valence-electron chi connectivity index (χ1n) is 8.38. The Balaban J connectivity index is 1.60. The lowest BCUT2D eigenvalue weighted by Crippen LogP contribution is -2.42. The van der Waals surface area contributed by atoms with Gasteiger partial charge in [0, 0.05) is 18.2 Å². The number of nitrogens with one attached hydrogen (secondary N) is 1. The lowest BCUT2D eigenvalue weighted by Gasteiger charge is -2.37. The fourth-order valence-electron chi connectivity index (χ4n) is 4.00. The van der Waals surface area contributed by atoms with Crippen LogP contribution in [0.25, 0.3) is 0 Å². The van der Waals surface area contributed by atoms with Crippen LogP contribution in [0.5, 0.6) is 0 Å². The van der Waals surface area contributed by atoms with Gasteiger partial charge in [-0.25, -0.2) is 0 Å². The number of likely N-dealkylation sites (tertiary alicyclic amines) is 1. The molecule has 2 heterocycles. The highest BCUT2D eigenvalue weighted by Gasteiger charge is 2.35. The molecule has 2 fully saturated rings. The SMILES string of the molecule is CCCNCc1ccoc1CN1CCCC2CCCC21. The molecule has 2 unspecified atom stereocenters. The summed E-state index contributed by atoms with van der Waals surface area (Å²) in [5.41, 5.74) is 1.35. The van der Waals surface area contributed by atoms with Crippen LogP contribution in [0, 0.1) is 5.92 Å². The summed E-state index contributed by atoms with van der Waals surface area (Å²) in [4.78, 5) is 2.68. The van der Waals surface area contributed by atoms with Gasteiger partial charge in [-0.1, -0.05) is 13.3 Å². The summed E-state index contributed by atoms with van der Waals surface area (Å²) in [6.45, 7) is 6.50. The summed E-state index contributed by atoms with van der Waals surface area (Å²) in [7, 11) is 0. The van der Waals surface area contributed by atoms with Gasteiger partial charge in [0.2, 0.25) is 0 Å². The Labute approximate surface area is 122 Å². The largest absolute Gasteiger partial charge is 0.468 e. The van der Waals surface area contributed by atoms with Crippen LogP contribution in [-0.4, -0.2) is 24.0 Å². The van der Waals surface area contributed by atoms with Crippen molar-refractivity contribution >= 4 is 0 Å². The highest BCUT2D eigenvalue weighted by Crippen LogP contribution is 2.37. The zero-order chi connectivity index (χ0) is 13.8. The first-order chi connectivity index (χ1) is 9.88. The Morgan fingerprint density at radius 3 is 3.10 bits per heavy atom. The van der Waals surface area contributed by atoms with E-state index in [1.54, 1.807) is 0 Å². The Kier molecular flexibility index (Phi) is 4.79. The highest BCUT2D eigenvalue weighted by atomic mass is 16.3. The van der Waals surface area contributed by atoms with E-state index in [1.165, 1.54) is 56.4 Å². The number of hydrogen-bond donors (Lipinski definition) is 1. The molecule has 1 aliphatic carbocycles. The fourth-order valence-corrected chi connectivity index (χ4v) is 4.00. The van der Waals surface area contributed by atoms with Crippen LogP contribution in [0.4, 0.5) is 0 Å². The third-order valence-electron chi connectivity index (χ3n) is 5.03. The normalized spacial score (nSPS) is 26.9. The molecule has 3 heteroatoms. The molecular formula is C17H28N2O. The van der Waals surface area contributed by atoms with Crippen molar-refractivity contribution in [3.63, 3.8) is 0 Å². The van der Waals surface area contributed by atoms with Gasteiger partial charge < -0.3 is 9.73 Å². The van der Waals surface area contributed by atoms with Crippen molar-refractivity contribution in [1.82, 2.24) is 10.2 Å². The molecule has 3 rings (SSSR count). The molecule has 0 amide bonds. The van der Waals surface area contributed by atoms with Crippen LogP contribution in [-0.2, 0) is 13.1 Å². The fraction of sp³-hybridized carbons (Fsp3) is 0.765. The Morgan fingerprint density at radius 1 is 1.30 bits per heavy atom. The Morgan fingerprint density at radius 2 is 2.20 bits per heavy atom. The molecule has 112 valence electrons. The molecule has 0 spiro atoms. The monoisotopic (exact) mass is 276 g/mol. The average molecular weight is 276 g/mol. The molecule has 3 nitrogen and oxygen atoms in total. The number of rotatable bonds is 6. The topological polar surface area (TPSA) is 28.4 Å². The second-order valence-electron chi connectivity index (χ2n) is 6.42. The van der Waals surface area contributed by atoms with E-state index in [0.717, 1.165) is 31.6 Å². The number of fused-ring (bicyclic) bond motifs is 1. The maximum absolute atomic E-state index is 5.76. The number of hydrogen-bond acceptors (Lipinski definition) is 3. The molecule has 0 radical (unpaired) electrons. The Hall–Kier alpha value is -0.800. The van der Waals surface area contributed by atoms with Crippen molar-refractivity contribution in [2.75, 3.05) is 13.1 Å². The van der Waals surface area contributed by atoms with E-state index in [-0.39, 0.29) is 0 Å². The highest BCUT2D eigenvalue weighted by molar-refractivity contribution is 5.17. The first-order valence-corrected chi connectivity index (χ1v) is 8.38. The van der Waals surface area contributed by atoms with Gasteiger partial charge in [-0.15, -0.1) is 0 Å². The van der Waals surface area contributed by atoms with E-state index in [2.05, 4.69) is 23.2 Å². The zero-order valence-corrected chi connectivity index (χ0v) is 12.7. The van der Waals surface area contributed by atoms with Crippen molar-refractivity contribution in [2.24, 2.45) is 5.92 Å². The molecule has 1 saturated heterocycles. The van der Waals surface area contributed by atoms with Gasteiger partial charge in [-0.2, -0.15) is 0 Å². The van der Waals surface area contributed by atoms with E-state index < -0.39 is 0 Å². The van der Waals surface area contributed by atoms with Crippen LogP contribution >= 0.6 is 0 Å². The molecule has 2 aliphatic rings. The predicted molar refractivity (Wildman–Crippen MR) is 81.5 cm³/mol. The van der Waals surface area contributed by atoms with Crippen LogP contribution in [0.2, 0.25) is 0 Å². The van der Waals surface area contributed by atoms with Gasteiger partial charge in [-0.3, -0.25) is 4.90 Å². The maximum atomic E-state index is 5.76. The minimum atomic E-state index is 0.824. The predicted octanol–water partition coefficient (Wildman–Crippen LogP) is 3.54. The van der Waals surface area contributed by atoms with E-state index in [1.807, 2.05) is 6.26 Å². The molecule has 2 atom stereocenters. The van der Waals surface area contributed by atoms with Crippen LogP contribution < -0.4 is 5.32 Å². The summed E-state index contributed by atoms with van der Waals surface area (Å²) >= 11 is 0. The molecule has 0 aromatic carbocycles. The summed E-state index contributed by atoms with van der Waals surface area (Å²) < 4.78 is 5.76. The first kappa shape index (κ1) is 14.2. The van der Waals surface area contributed by atoms with Gasteiger partial charge in [0.1, 0.15) is 5.76 Å². The van der Waals surface area contributed by atoms with Gasteiger partial charge in [0.25, 0.3) is 0 Å². The molecule has 1 aliphatic heterocycles. The van der Waals surface area contributed by atoms with Crippen molar-refractivity contribution in [2.45, 2.75) is 64.6 Å². The van der Waals surface area contributed by atoms with Crippen molar-refractivity contribution in [3.8, 4) is 0 Å². The smallest absolute Gasteiger partial charge is 0.122 e. The van der Waals surface area contributed by atoms with Gasteiger partial charge >= 0.3 is 0 Å². The molecule has 1 N–H and O–H groups in total. The molecular weight excluding hydrogens is 248 g/mol. The van der Waals surface area contributed by atoms with Crippen LogP contribution in [0.3, 0.4) is 0 Å².